The average Bonchev–Trinajstić information content (AvgIpc) is 3.09. The molecule has 4 unspecified atom stereocenters. The molecule has 0 aromatic heterocycles. The third-order valence-corrected chi connectivity index (χ3v) is 15.9. The van der Waals surface area contributed by atoms with E-state index in [0.717, 1.165) is 35.5 Å². The zero-order chi connectivity index (χ0) is 30.5. The highest BCUT2D eigenvalue weighted by Crippen LogP contribution is 2.60. The van der Waals surface area contributed by atoms with Crippen molar-refractivity contribution in [3.8, 4) is 0 Å². The molecule has 6 fully saturated rings. The monoisotopic (exact) mass is 611 g/mol. The molecular formula is C42H74O2. The first-order chi connectivity index (χ1) is 21.5. The Morgan fingerprint density at radius 3 is 0.977 bits per heavy atom. The van der Waals surface area contributed by atoms with Crippen LogP contribution in [0.2, 0.25) is 0 Å². The molecule has 6 saturated carbocycles. The van der Waals surface area contributed by atoms with Crippen LogP contribution in [0.3, 0.4) is 0 Å². The van der Waals surface area contributed by atoms with Crippen LogP contribution < -0.4 is 0 Å². The Hall–Kier alpha value is -0.0800. The fourth-order valence-electron chi connectivity index (χ4n) is 13.2. The third-order valence-electron chi connectivity index (χ3n) is 15.9. The van der Waals surface area contributed by atoms with Gasteiger partial charge in [0, 0.05) is 0 Å². The Labute approximate surface area is 273 Å². The van der Waals surface area contributed by atoms with Gasteiger partial charge in [0.05, 0.1) is 12.2 Å². The summed E-state index contributed by atoms with van der Waals surface area (Å²) in [5, 5.41) is 24.5. The van der Waals surface area contributed by atoms with Gasteiger partial charge < -0.3 is 10.2 Å². The lowest BCUT2D eigenvalue weighted by Crippen LogP contribution is -2.53. The molecule has 2 N–H and O–H groups in total. The van der Waals surface area contributed by atoms with E-state index in [9.17, 15) is 10.2 Å². The Kier molecular flexibility index (Phi) is 12.2. The molecule has 2 heteroatoms. The summed E-state index contributed by atoms with van der Waals surface area (Å²) in [6, 6.07) is 0. The Morgan fingerprint density at radius 1 is 0.455 bits per heavy atom. The smallest absolute Gasteiger partial charge is 0.0602 e. The van der Waals surface area contributed by atoms with E-state index in [1.807, 2.05) is 0 Å². The largest absolute Gasteiger partial charge is 0.393 e. The molecule has 6 rings (SSSR count). The van der Waals surface area contributed by atoms with Crippen molar-refractivity contribution in [1.82, 2.24) is 0 Å². The van der Waals surface area contributed by atoms with Crippen LogP contribution in [-0.4, -0.2) is 22.4 Å². The van der Waals surface area contributed by atoms with Gasteiger partial charge in [-0.3, -0.25) is 0 Å². The van der Waals surface area contributed by atoms with Gasteiger partial charge in [-0.15, -0.1) is 0 Å². The normalized spacial score (nSPS) is 40.9. The topological polar surface area (TPSA) is 40.5 Å². The maximum absolute atomic E-state index is 12.2. The molecule has 6 aliphatic carbocycles. The number of hydrogen-bond donors (Lipinski definition) is 2. The van der Waals surface area contributed by atoms with E-state index < -0.39 is 0 Å². The van der Waals surface area contributed by atoms with Gasteiger partial charge in [0.25, 0.3) is 0 Å². The van der Waals surface area contributed by atoms with E-state index in [4.69, 9.17) is 0 Å². The second kappa shape index (κ2) is 15.9. The van der Waals surface area contributed by atoms with Crippen LogP contribution in [0.4, 0.5) is 0 Å². The highest BCUT2D eigenvalue weighted by molar-refractivity contribution is 5.03. The number of aliphatic hydroxyl groups excluding tert-OH is 2. The summed E-state index contributed by atoms with van der Waals surface area (Å²) in [5.74, 6) is 6.74. The number of hydrogen-bond acceptors (Lipinski definition) is 2. The van der Waals surface area contributed by atoms with Crippen molar-refractivity contribution >= 4 is 0 Å². The van der Waals surface area contributed by atoms with Crippen molar-refractivity contribution in [2.45, 2.75) is 199 Å². The third kappa shape index (κ3) is 7.47. The molecule has 44 heavy (non-hydrogen) atoms. The first-order valence-electron chi connectivity index (χ1n) is 20.9. The SMILES string of the molecule is CCCCC(C)(C1CC(C2CCCCC2)C(O)C(C2CCCCC2)C1)C1CC(C2CCCCC2)C(O)C(C2CCCCC2)C1. The molecule has 2 nitrogen and oxygen atoms in total. The van der Waals surface area contributed by atoms with E-state index >= 15 is 0 Å². The summed E-state index contributed by atoms with van der Waals surface area (Å²) in [4.78, 5) is 0. The van der Waals surface area contributed by atoms with Crippen molar-refractivity contribution in [3.63, 3.8) is 0 Å². The Balaban J connectivity index is 1.32. The minimum Gasteiger partial charge on any atom is -0.393 e. The van der Waals surface area contributed by atoms with Crippen LogP contribution in [0, 0.1) is 64.6 Å². The van der Waals surface area contributed by atoms with Gasteiger partial charge in [0.15, 0.2) is 0 Å². The first-order valence-corrected chi connectivity index (χ1v) is 20.9. The van der Waals surface area contributed by atoms with E-state index in [1.54, 1.807) is 0 Å². The van der Waals surface area contributed by atoms with E-state index in [1.165, 1.54) is 173 Å². The molecule has 0 aromatic rings. The Bertz CT molecular complexity index is 711. The standard InChI is InChI=1S/C42H74O2/c1-3-4-25-42(2,34-26-36(30-17-9-5-10-18-30)40(43)37(27-34)31-19-11-6-12-20-31)35-28-38(32-21-13-7-14-22-32)41(44)39(29-35)33-23-15-8-16-24-33/h30-41,43-44H,3-29H2,1-2H3. The van der Waals surface area contributed by atoms with Crippen LogP contribution in [-0.2, 0) is 0 Å². The number of unbranched alkanes of at least 4 members (excludes halogenated alkanes) is 1. The van der Waals surface area contributed by atoms with Crippen molar-refractivity contribution in [2.24, 2.45) is 64.6 Å². The number of aliphatic hydroxyl groups is 2. The van der Waals surface area contributed by atoms with Crippen LogP contribution in [0.5, 0.6) is 0 Å². The lowest BCUT2D eigenvalue weighted by Gasteiger charge is -2.57. The molecule has 0 aliphatic heterocycles. The summed E-state index contributed by atoms with van der Waals surface area (Å²) in [6.45, 7) is 5.21. The van der Waals surface area contributed by atoms with E-state index in [-0.39, 0.29) is 12.2 Å². The molecule has 0 saturated heterocycles. The molecule has 254 valence electrons. The van der Waals surface area contributed by atoms with Gasteiger partial charge in [0.2, 0.25) is 0 Å². The maximum atomic E-state index is 12.2. The van der Waals surface area contributed by atoms with Gasteiger partial charge in [-0.25, -0.2) is 0 Å². The molecule has 0 spiro atoms. The van der Waals surface area contributed by atoms with Crippen LogP contribution in [0.15, 0.2) is 0 Å². The first kappa shape index (κ1) is 33.8. The summed E-state index contributed by atoms with van der Waals surface area (Å²) in [5.41, 5.74) is 0.357. The van der Waals surface area contributed by atoms with Crippen molar-refractivity contribution < 1.29 is 10.2 Å². The van der Waals surface area contributed by atoms with Crippen molar-refractivity contribution in [1.29, 1.82) is 0 Å². The second-order valence-electron chi connectivity index (χ2n) is 18.2. The summed E-state index contributed by atoms with van der Waals surface area (Å²) in [6.07, 6.45) is 37.0. The predicted molar refractivity (Wildman–Crippen MR) is 185 cm³/mol. The van der Waals surface area contributed by atoms with Gasteiger partial charge in [-0.2, -0.15) is 0 Å². The van der Waals surface area contributed by atoms with Gasteiger partial charge in [0.1, 0.15) is 0 Å². The second-order valence-corrected chi connectivity index (χ2v) is 18.2. The fraction of sp³-hybridized carbons (Fsp3) is 1.00. The van der Waals surface area contributed by atoms with Crippen LogP contribution >= 0.6 is 0 Å². The molecule has 4 atom stereocenters. The molecule has 6 aliphatic rings. The predicted octanol–water partition coefficient (Wildman–Crippen LogP) is 11.5. The molecule has 0 aromatic carbocycles. The average molecular weight is 611 g/mol. The van der Waals surface area contributed by atoms with Gasteiger partial charge in [-0.1, -0.05) is 155 Å². The van der Waals surface area contributed by atoms with E-state index in [2.05, 4.69) is 13.8 Å². The highest BCUT2D eigenvalue weighted by Gasteiger charge is 2.54. The van der Waals surface area contributed by atoms with E-state index in [0.29, 0.717) is 29.1 Å². The summed E-state index contributed by atoms with van der Waals surface area (Å²) < 4.78 is 0. The lowest BCUT2D eigenvalue weighted by molar-refractivity contribution is -0.126. The molecule has 0 bridgehead atoms. The Morgan fingerprint density at radius 2 is 0.727 bits per heavy atom. The van der Waals surface area contributed by atoms with Gasteiger partial charge >= 0.3 is 0 Å². The van der Waals surface area contributed by atoms with Crippen molar-refractivity contribution in [3.05, 3.63) is 0 Å². The quantitative estimate of drug-likeness (QED) is 0.273. The molecule has 0 radical (unpaired) electrons. The highest BCUT2D eigenvalue weighted by atomic mass is 16.3. The summed E-state index contributed by atoms with van der Waals surface area (Å²) in [7, 11) is 0. The number of rotatable bonds is 9. The van der Waals surface area contributed by atoms with Crippen LogP contribution in [0.1, 0.15) is 187 Å². The minimum atomic E-state index is -0.0500. The van der Waals surface area contributed by atoms with Crippen molar-refractivity contribution in [2.75, 3.05) is 0 Å². The lowest BCUT2D eigenvalue weighted by atomic mass is 9.49. The summed E-state index contributed by atoms with van der Waals surface area (Å²) >= 11 is 0. The molecular weight excluding hydrogens is 536 g/mol. The molecule has 0 heterocycles. The fourth-order valence-corrected chi connectivity index (χ4v) is 13.2. The van der Waals surface area contributed by atoms with Gasteiger partial charge in [-0.05, 0) is 96.7 Å². The zero-order valence-corrected chi connectivity index (χ0v) is 29.4. The molecule has 0 amide bonds. The minimum absolute atomic E-state index is 0.0500. The maximum Gasteiger partial charge on any atom is 0.0602 e. The zero-order valence-electron chi connectivity index (χ0n) is 29.4. The van der Waals surface area contributed by atoms with Crippen LogP contribution in [0.25, 0.3) is 0 Å².